The highest BCUT2D eigenvalue weighted by molar-refractivity contribution is 5.78. The van der Waals surface area contributed by atoms with Crippen molar-refractivity contribution >= 4 is 11.0 Å². The standard InChI is InChI=1S/C16H16N2O/c1-3-12-7-6-8-13(11-12)18-15-10-5-4-9-14(15)17(2)16(18)19/h4-11H,3H2,1-2H3. The Morgan fingerprint density at radius 3 is 2.47 bits per heavy atom. The van der Waals surface area contributed by atoms with Gasteiger partial charge in [-0.2, -0.15) is 0 Å². The second-order valence-corrected chi connectivity index (χ2v) is 4.69. The molecule has 0 saturated carbocycles. The second kappa shape index (κ2) is 4.43. The summed E-state index contributed by atoms with van der Waals surface area (Å²) in [5.74, 6) is 0. The predicted octanol–water partition coefficient (Wildman–Crippen LogP) is 2.89. The van der Waals surface area contributed by atoms with Crippen LogP contribution in [0.2, 0.25) is 0 Å². The van der Waals surface area contributed by atoms with Crippen molar-refractivity contribution in [3.63, 3.8) is 0 Å². The minimum absolute atomic E-state index is 0.00514. The molecule has 96 valence electrons. The number of aryl methyl sites for hydroxylation is 2. The number of benzene rings is 2. The van der Waals surface area contributed by atoms with E-state index in [1.54, 1.807) is 9.13 Å². The third kappa shape index (κ3) is 1.78. The number of para-hydroxylation sites is 2. The Kier molecular flexibility index (Phi) is 2.75. The zero-order valence-electron chi connectivity index (χ0n) is 11.1. The van der Waals surface area contributed by atoms with E-state index >= 15 is 0 Å². The molecule has 3 aromatic rings. The molecule has 0 aliphatic carbocycles. The van der Waals surface area contributed by atoms with E-state index in [1.165, 1.54) is 5.56 Å². The third-order valence-corrected chi connectivity index (χ3v) is 3.54. The highest BCUT2D eigenvalue weighted by Gasteiger charge is 2.11. The first-order valence-corrected chi connectivity index (χ1v) is 6.48. The zero-order valence-corrected chi connectivity index (χ0v) is 11.1. The number of hydrogen-bond acceptors (Lipinski definition) is 1. The van der Waals surface area contributed by atoms with E-state index in [9.17, 15) is 4.79 Å². The van der Waals surface area contributed by atoms with Crippen LogP contribution in [0.25, 0.3) is 16.7 Å². The Morgan fingerprint density at radius 2 is 1.74 bits per heavy atom. The molecular weight excluding hydrogens is 236 g/mol. The average molecular weight is 252 g/mol. The maximum absolute atomic E-state index is 12.4. The molecule has 1 heterocycles. The van der Waals surface area contributed by atoms with Gasteiger partial charge in [-0.25, -0.2) is 4.79 Å². The van der Waals surface area contributed by atoms with Crippen LogP contribution in [-0.4, -0.2) is 9.13 Å². The minimum Gasteiger partial charge on any atom is -0.295 e. The lowest BCUT2D eigenvalue weighted by molar-refractivity contribution is 0.845. The molecule has 3 nitrogen and oxygen atoms in total. The minimum atomic E-state index is -0.00514. The Hall–Kier alpha value is -2.29. The van der Waals surface area contributed by atoms with E-state index in [1.807, 2.05) is 43.4 Å². The molecule has 0 aliphatic rings. The number of aromatic nitrogens is 2. The Labute approximate surface area is 111 Å². The molecule has 0 N–H and O–H groups in total. The van der Waals surface area contributed by atoms with E-state index in [-0.39, 0.29) is 5.69 Å². The molecule has 0 bridgehead atoms. The SMILES string of the molecule is CCc1cccc(-n2c(=O)n(C)c3ccccc32)c1. The first kappa shape index (κ1) is 11.8. The van der Waals surface area contributed by atoms with E-state index in [4.69, 9.17) is 0 Å². The molecule has 19 heavy (non-hydrogen) atoms. The van der Waals surface area contributed by atoms with Gasteiger partial charge in [-0.3, -0.25) is 9.13 Å². The van der Waals surface area contributed by atoms with Crippen LogP contribution in [0.5, 0.6) is 0 Å². The summed E-state index contributed by atoms with van der Waals surface area (Å²) in [6, 6.07) is 16.0. The average Bonchev–Trinajstić information content (AvgIpc) is 2.72. The summed E-state index contributed by atoms with van der Waals surface area (Å²) >= 11 is 0. The number of fused-ring (bicyclic) bond motifs is 1. The van der Waals surface area contributed by atoms with Crippen molar-refractivity contribution in [1.82, 2.24) is 9.13 Å². The van der Waals surface area contributed by atoms with Crippen molar-refractivity contribution < 1.29 is 0 Å². The fraction of sp³-hybridized carbons (Fsp3) is 0.188. The van der Waals surface area contributed by atoms with Crippen LogP contribution in [-0.2, 0) is 13.5 Å². The van der Waals surface area contributed by atoms with Crippen LogP contribution in [0.1, 0.15) is 12.5 Å². The molecule has 0 radical (unpaired) electrons. The van der Waals surface area contributed by atoms with E-state index in [2.05, 4.69) is 19.1 Å². The van der Waals surface area contributed by atoms with Gasteiger partial charge in [0.25, 0.3) is 0 Å². The Bertz CT molecular complexity index is 796. The summed E-state index contributed by atoms with van der Waals surface area (Å²) in [4.78, 5) is 12.4. The molecule has 2 aromatic carbocycles. The van der Waals surface area contributed by atoms with Crippen molar-refractivity contribution in [2.24, 2.45) is 7.05 Å². The smallest absolute Gasteiger partial charge is 0.295 e. The fourth-order valence-corrected chi connectivity index (χ4v) is 2.46. The molecule has 0 amide bonds. The molecule has 3 heteroatoms. The van der Waals surface area contributed by atoms with Gasteiger partial charge in [-0.15, -0.1) is 0 Å². The number of imidazole rings is 1. The van der Waals surface area contributed by atoms with Crippen molar-refractivity contribution in [3.8, 4) is 5.69 Å². The van der Waals surface area contributed by atoms with Gasteiger partial charge in [0.1, 0.15) is 0 Å². The third-order valence-electron chi connectivity index (χ3n) is 3.54. The predicted molar refractivity (Wildman–Crippen MR) is 77.9 cm³/mol. The van der Waals surface area contributed by atoms with Crippen LogP contribution in [0.4, 0.5) is 0 Å². The van der Waals surface area contributed by atoms with Gasteiger partial charge in [0, 0.05) is 7.05 Å². The molecule has 0 atom stereocenters. The maximum Gasteiger partial charge on any atom is 0.333 e. The highest BCUT2D eigenvalue weighted by Crippen LogP contribution is 2.17. The summed E-state index contributed by atoms with van der Waals surface area (Å²) in [6.07, 6.45) is 0.966. The van der Waals surface area contributed by atoms with E-state index in [0.29, 0.717) is 0 Å². The number of rotatable bonds is 2. The van der Waals surface area contributed by atoms with Gasteiger partial charge in [0.05, 0.1) is 16.7 Å². The largest absolute Gasteiger partial charge is 0.333 e. The molecule has 3 rings (SSSR count). The maximum atomic E-state index is 12.4. The molecule has 0 fully saturated rings. The number of hydrogen-bond donors (Lipinski definition) is 0. The highest BCUT2D eigenvalue weighted by atomic mass is 16.1. The van der Waals surface area contributed by atoms with Gasteiger partial charge in [-0.1, -0.05) is 31.2 Å². The second-order valence-electron chi connectivity index (χ2n) is 4.69. The molecular formula is C16H16N2O. The van der Waals surface area contributed by atoms with Crippen molar-refractivity contribution in [2.75, 3.05) is 0 Å². The van der Waals surface area contributed by atoms with E-state index < -0.39 is 0 Å². The lowest BCUT2D eigenvalue weighted by atomic mass is 10.1. The monoisotopic (exact) mass is 252 g/mol. The molecule has 0 spiro atoms. The topological polar surface area (TPSA) is 26.9 Å². The molecule has 0 saturated heterocycles. The zero-order chi connectivity index (χ0) is 13.4. The van der Waals surface area contributed by atoms with Crippen molar-refractivity contribution in [3.05, 3.63) is 64.6 Å². The first-order valence-electron chi connectivity index (χ1n) is 6.48. The summed E-state index contributed by atoms with van der Waals surface area (Å²) in [5, 5.41) is 0. The molecule has 1 aromatic heterocycles. The summed E-state index contributed by atoms with van der Waals surface area (Å²) in [6.45, 7) is 2.12. The fourth-order valence-electron chi connectivity index (χ4n) is 2.46. The van der Waals surface area contributed by atoms with Gasteiger partial charge in [0.15, 0.2) is 0 Å². The van der Waals surface area contributed by atoms with Crippen LogP contribution < -0.4 is 5.69 Å². The summed E-state index contributed by atoms with van der Waals surface area (Å²) in [7, 11) is 1.81. The summed E-state index contributed by atoms with van der Waals surface area (Å²) < 4.78 is 3.46. The van der Waals surface area contributed by atoms with Gasteiger partial charge in [-0.05, 0) is 36.2 Å². The number of nitrogens with zero attached hydrogens (tertiary/aromatic N) is 2. The molecule has 0 aliphatic heterocycles. The van der Waals surface area contributed by atoms with Gasteiger partial charge < -0.3 is 0 Å². The summed E-state index contributed by atoms with van der Waals surface area (Å²) in [5.41, 5.74) is 4.06. The normalized spacial score (nSPS) is 11.1. The van der Waals surface area contributed by atoms with Crippen LogP contribution in [0, 0.1) is 0 Å². The van der Waals surface area contributed by atoms with Crippen molar-refractivity contribution in [1.29, 1.82) is 0 Å². The first-order chi connectivity index (χ1) is 9.22. The van der Waals surface area contributed by atoms with Gasteiger partial charge >= 0.3 is 5.69 Å². The molecule has 0 unspecified atom stereocenters. The van der Waals surface area contributed by atoms with Crippen LogP contribution in [0.3, 0.4) is 0 Å². The quantitative estimate of drug-likeness (QED) is 0.689. The van der Waals surface area contributed by atoms with Crippen LogP contribution >= 0.6 is 0 Å². The Morgan fingerprint density at radius 1 is 1.00 bits per heavy atom. The lowest BCUT2D eigenvalue weighted by Crippen LogP contribution is -2.20. The van der Waals surface area contributed by atoms with Gasteiger partial charge in [0.2, 0.25) is 0 Å². The van der Waals surface area contributed by atoms with Crippen LogP contribution in [0.15, 0.2) is 53.3 Å². The van der Waals surface area contributed by atoms with Crippen molar-refractivity contribution in [2.45, 2.75) is 13.3 Å². The Balaban J connectivity index is 2.36. The van der Waals surface area contributed by atoms with E-state index in [0.717, 1.165) is 23.1 Å². The lowest BCUT2D eigenvalue weighted by Gasteiger charge is -2.05.